The van der Waals surface area contributed by atoms with Crippen LogP contribution in [0.3, 0.4) is 0 Å². The summed E-state index contributed by atoms with van der Waals surface area (Å²) >= 11 is 0. The topological polar surface area (TPSA) is 113 Å². The molecular weight excluding hydrogens is 432 g/mol. The van der Waals surface area contributed by atoms with Crippen molar-refractivity contribution >= 4 is 29.2 Å². The zero-order valence-corrected chi connectivity index (χ0v) is 19.4. The van der Waals surface area contributed by atoms with Gasteiger partial charge < -0.3 is 20.9 Å². The highest BCUT2D eigenvalue weighted by Gasteiger charge is 2.52. The average Bonchev–Trinajstić information content (AvgIpc) is 3.39. The summed E-state index contributed by atoms with van der Waals surface area (Å²) in [6.07, 6.45) is 0.968. The first-order valence-electron chi connectivity index (χ1n) is 11.6. The Hall–Kier alpha value is -3.68. The largest absolute Gasteiger partial charge is 0.399 e. The lowest BCUT2D eigenvalue weighted by Gasteiger charge is -2.29. The Morgan fingerprint density at radius 1 is 1.00 bits per heavy atom. The molecule has 0 radical (unpaired) electrons. The molecule has 2 fully saturated rings. The fraction of sp³-hybridized carbons (Fsp3) is 0.385. The molecular formula is C26H30N4O4. The van der Waals surface area contributed by atoms with Gasteiger partial charge in [-0.1, -0.05) is 32.0 Å². The predicted molar refractivity (Wildman–Crippen MR) is 128 cm³/mol. The number of carbonyl (C=O) groups excluding carboxylic acids is 4. The van der Waals surface area contributed by atoms with E-state index in [0.29, 0.717) is 36.2 Å². The minimum atomic E-state index is -0.768. The Labute approximate surface area is 199 Å². The van der Waals surface area contributed by atoms with E-state index >= 15 is 0 Å². The summed E-state index contributed by atoms with van der Waals surface area (Å²) in [7, 11) is 0. The van der Waals surface area contributed by atoms with E-state index in [1.165, 1.54) is 0 Å². The van der Waals surface area contributed by atoms with Crippen LogP contribution >= 0.6 is 0 Å². The molecule has 2 aromatic rings. The van der Waals surface area contributed by atoms with Crippen LogP contribution in [-0.2, 0) is 9.59 Å². The van der Waals surface area contributed by atoms with Crippen molar-refractivity contribution in [3.05, 3.63) is 65.7 Å². The molecule has 178 valence electrons. The molecule has 2 aromatic carbocycles. The average molecular weight is 463 g/mol. The number of fused-ring (bicyclic) bond motifs is 1. The molecule has 0 aromatic heterocycles. The number of ketones is 1. The second-order valence-electron chi connectivity index (χ2n) is 9.38. The monoisotopic (exact) mass is 462 g/mol. The minimum Gasteiger partial charge on any atom is -0.399 e. The zero-order chi connectivity index (χ0) is 24.4. The fourth-order valence-corrected chi connectivity index (χ4v) is 4.85. The number of carbonyl (C=O) groups is 4. The van der Waals surface area contributed by atoms with Gasteiger partial charge in [0.15, 0.2) is 5.78 Å². The molecule has 8 nitrogen and oxygen atoms in total. The fourth-order valence-electron chi connectivity index (χ4n) is 4.85. The standard InChI is InChI=1S/C26H30N4O4/c1-16(2)14-20(28-24(32)17-8-10-19(27)11-9-17)26(34)29-13-12-21-23(29)22(31)15-30(21)25(33)18-6-4-3-5-7-18/h3-11,16,20-21,23H,12-15,27H2,1-2H3,(H,28,32). The van der Waals surface area contributed by atoms with E-state index < -0.39 is 12.1 Å². The Morgan fingerprint density at radius 2 is 1.68 bits per heavy atom. The maximum absolute atomic E-state index is 13.6. The van der Waals surface area contributed by atoms with Crippen molar-refractivity contribution in [2.24, 2.45) is 5.92 Å². The molecule has 34 heavy (non-hydrogen) atoms. The number of nitrogens with one attached hydrogen (secondary N) is 1. The highest BCUT2D eigenvalue weighted by molar-refractivity contribution is 6.03. The molecule has 2 saturated heterocycles. The third-order valence-electron chi connectivity index (χ3n) is 6.47. The number of hydrogen-bond donors (Lipinski definition) is 2. The first-order chi connectivity index (χ1) is 16.3. The van der Waals surface area contributed by atoms with Gasteiger partial charge in [0, 0.05) is 23.4 Å². The molecule has 3 atom stereocenters. The van der Waals surface area contributed by atoms with Gasteiger partial charge in [-0.25, -0.2) is 0 Å². The lowest BCUT2D eigenvalue weighted by atomic mass is 10.0. The third-order valence-corrected chi connectivity index (χ3v) is 6.47. The van der Waals surface area contributed by atoms with Gasteiger partial charge in [-0.3, -0.25) is 19.2 Å². The molecule has 2 aliphatic rings. The number of amides is 3. The Kier molecular flexibility index (Phi) is 6.68. The van der Waals surface area contributed by atoms with Crippen molar-refractivity contribution < 1.29 is 19.2 Å². The van der Waals surface area contributed by atoms with Gasteiger partial charge in [-0.05, 0) is 55.2 Å². The summed E-state index contributed by atoms with van der Waals surface area (Å²) in [5, 5.41) is 2.85. The second kappa shape index (κ2) is 9.67. The summed E-state index contributed by atoms with van der Waals surface area (Å²) in [4.78, 5) is 55.5. The second-order valence-corrected chi connectivity index (χ2v) is 9.38. The molecule has 3 N–H and O–H groups in total. The molecule has 2 aliphatic heterocycles. The number of anilines is 1. The van der Waals surface area contributed by atoms with Crippen molar-refractivity contribution in [2.45, 2.75) is 44.8 Å². The number of likely N-dealkylation sites (tertiary alicyclic amines) is 2. The number of nitrogen functional groups attached to an aromatic ring is 1. The third kappa shape index (κ3) is 4.66. The summed E-state index contributed by atoms with van der Waals surface area (Å²) in [6, 6.07) is 13.5. The smallest absolute Gasteiger partial charge is 0.254 e. The van der Waals surface area contributed by atoms with Gasteiger partial charge in [0.05, 0.1) is 12.6 Å². The molecule has 2 heterocycles. The van der Waals surface area contributed by atoms with Crippen LogP contribution in [0.2, 0.25) is 0 Å². The van der Waals surface area contributed by atoms with E-state index in [1.54, 1.807) is 58.3 Å². The van der Waals surface area contributed by atoms with Crippen LogP contribution in [0.25, 0.3) is 0 Å². The normalized spacial score (nSPS) is 20.4. The van der Waals surface area contributed by atoms with Crippen molar-refractivity contribution in [1.82, 2.24) is 15.1 Å². The number of Topliss-reactive ketones (excluding diaryl/α,β-unsaturated/α-hetero) is 1. The molecule has 8 heteroatoms. The van der Waals surface area contributed by atoms with E-state index in [2.05, 4.69) is 5.32 Å². The van der Waals surface area contributed by atoms with Crippen LogP contribution in [0.5, 0.6) is 0 Å². The molecule has 4 rings (SSSR count). The van der Waals surface area contributed by atoms with Crippen LogP contribution in [0.1, 0.15) is 47.4 Å². The van der Waals surface area contributed by atoms with Gasteiger partial charge >= 0.3 is 0 Å². The van der Waals surface area contributed by atoms with Crippen molar-refractivity contribution in [3.63, 3.8) is 0 Å². The molecule has 3 unspecified atom stereocenters. The Balaban J connectivity index is 1.51. The van der Waals surface area contributed by atoms with Gasteiger partial charge in [-0.2, -0.15) is 0 Å². The number of nitrogens with two attached hydrogens (primary N) is 1. The SMILES string of the molecule is CC(C)CC(NC(=O)c1ccc(N)cc1)C(=O)N1CCC2C1C(=O)CN2C(=O)c1ccccc1. The maximum Gasteiger partial charge on any atom is 0.254 e. The number of nitrogens with zero attached hydrogens (tertiary/aromatic N) is 2. The lowest BCUT2D eigenvalue weighted by Crippen LogP contribution is -2.53. The van der Waals surface area contributed by atoms with Crippen molar-refractivity contribution in [2.75, 3.05) is 18.8 Å². The molecule has 0 saturated carbocycles. The van der Waals surface area contributed by atoms with Gasteiger partial charge in [0.1, 0.15) is 12.1 Å². The van der Waals surface area contributed by atoms with Crippen LogP contribution in [0.15, 0.2) is 54.6 Å². The summed E-state index contributed by atoms with van der Waals surface area (Å²) in [5.74, 6) is -0.852. The van der Waals surface area contributed by atoms with E-state index in [1.807, 2.05) is 19.9 Å². The Morgan fingerprint density at radius 3 is 2.32 bits per heavy atom. The van der Waals surface area contributed by atoms with Crippen LogP contribution in [0, 0.1) is 5.92 Å². The molecule has 0 aliphatic carbocycles. The minimum absolute atomic E-state index is 0.0144. The number of hydrogen-bond acceptors (Lipinski definition) is 5. The van der Waals surface area contributed by atoms with Gasteiger partial charge in [0.25, 0.3) is 11.8 Å². The number of benzene rings is 2. The predicted octanol–water partition coefficient (Wildman–Crippen LogP) is 2.11. The lowest BCUT2D eigenvalue weighted by molar-refractivity contribution is -0.138. The van der Waals surface area contributed by atoms with E-state index in [0.717, 1.165) is 0 Å². The quantitative estimate of drug-likeness (QED) is 0.639. The van der Waals surface area contributed by atoms with Gasteiger partial charge in [-0.15, -0.1) is 0 Å². The zero-order valence-electron chi connectivity index (χ0n) is 19.4. The Bertz CT molecular complexity index is 1080. The van der Waals surface area contributed by atoms with E-state index in [4.69, 9.17) is 5.73 Å². The number of rotatable bonds is 6. The summed E-state index contributed by atoms with van der Waals surface area (Å²) < 4.78 is 0. The molecule has 0 bridgehead atoms. The van der Waals surface area contributed by atoms with Crippen LogP contribution in [0.4, 0.5) is 5.69 Å². The first-order valence-corrected chi connectivity index (χ1v) is 11.6. The van der Waals surface area contributed by atoms with E-state index in [-0.39, 0.29) is 42.0 Å². The molecule has 3 amide bonds. The van der Waals surface area contributed by atoms with Crippen molar-refractivity contribution in [3.8, 4) is 0 Å². The maximum atomic E-state index is 13.6. The first kappa shape index (κ1) is 23.5. The molecule has 0 spiro atoms. The highest BCUT2D eigenvalue weighted by Crippen LogP contribution is 2.31. The van der Waals surface area contributed by atoms with Crippen LogP contribution < -0.4 is 11.1 Å². The van der Waals surface area contributed by atoms with Gasteiger partial charge in [0.2, 0.25) is 5.91 Å². The van der Waals surface area contributed by atoms with Crippen LogP contribution in [-0.4, -0.2) is 64.5 Å². The summed E-state index contributed by atoms with van der Waals surface area (Å²) in [6.45, 7) is 4.30. The van der Waals surface area contributed by atoms with E-state index in [9.17, 15) is 19.2 Å². The highest BCUT2D eigenvalue weighted by atomic mass is 16.2. The van der Waals surface area contributed by atoms with Crippen molar-refractivity contribution in [1.29, 1.82) is 0 Å². The summed E-state index contributed by atoms with van der Waals surface area (Å²) in [5.41, 5.74) is 7.18.